The Hall–Kier alpha value is -0.710. The van der Waals surface area contributed by atoms with Crippen LogP contribution in [-0.4, -0.2) is 4.98 Å². The van der Waals surface area contributed by atoms with Gasteiger partial charge in [0.05, 0.1) is 11.4 Å². The van der Waals surface area contributed by atoms with E-state index in [4.69, 9.17) is 5.73 Å². The molecule has 0 saturated carbocycles. The lowest BCUT2D eigenvalue weighted by Crippen LogP contribution is -1.99. The molecule has 0 unspecified atom stereocenters. The normalized spacial score (nSPS) is 10.8. The number of anilines is 1. The molecule has 1 rings (SSSR count). The fourth-order valence-corrected chi connectivity index (χ4v) is 1.27. The minimum Gasteiger partial charge on any atom is -0.397 e. The SMILES string of the molecule is Cc1nc(C(F)F)c(Br)cc1N. The third kappa shape index (κ3) is 1.72. The van der Waals surface area contributed by atoms with E-state index in [0.717, 1.165) is 0 Å². The van der Waals surface area contributed by atoms with Gasteiger partial charge in [0.1, 0.15) is 5.69 Å². The number of hydrogen-bond acceptors (Lipinski definition) is 2. The van der Waals surface area contributed by atoms with Crippen molar-refractivity contribution in [3.63, 3.8) is 0 Å². The highest BCUT2D eigenvalue weighted by Crippen LogP contribution is 2.27. The molecule has 0 fully saturated rings. The van der Waals surface area contributed by atoms with Crippen molar-refractivity contribution in [2.75, 3.05) is 5.73 Å². The summed E-state index contributed by atoms with van der Waals surface area (Å²) in [5.41, 5.74) is 6.02. The molecule has 12 heavy (non-hydrogen) atoms. The van der Waals surface area contributed by atoms with Gasteiger partial charge in [-0.3, -0.25) is 0 Å². The van der Waals surface area contributed by atoms with Gasteiger partial charge >= 0.3 is 0 Å². The smallest absolute Gasteiger partial charge is 0.281 e. The predicted molar refractivity (Wildman–Crippen MR) is 46.0 cm³/mol. The Labute approximate surface area is 76.9 Å². The van der Waals surface area contributed by atoms with Crippen LogP contribution in [0.15, 0.2) is 10.5 Å². The van der Waals surface area contributed by atoms with Gasteiger partial charge in [-0.1, -0.05) is 0 Å². The number of halogens is 3. The Kier molecular flexibility index (Phi) is 2.62. The fourth-order valence-electron chi connectivity index (χ4n) is 0.767. The van der Waals surface area contributed by atoms with Crippen LogP contribution >= 0.6 is 15.9 Å². The molecule has 0 atom stereocenters. The quantitative estimate of drug-likeness (QED) is 0.815. The summed E-state index contributed by atoms with van der Waals surface area (Å²) in [5.74, 6) is 0. The van der Waals surface area contributed by atoms with Crippen molar-refractivity contribution in [2.45, 2.75) is 13.3 Å². The molecule has 0 saturated heterocycles. The molecule has 5 heteroatoms. The number of nitrogens with two attached hydrogens (primary N) is 1. The molecule has 66 valence electrons. The van der Waals surface area contributed by atoms with Gasteiger partial charge < -0.3 is 5.73 Å². The number of aryl methyl sites for hydroxylation is 1. The highest BCUT2D eigenvalue weighted by molar-refractivity contribution is 9.10. The van der Waals surface area contributed by atoms with Gasteiger partial charge in [-0.2, -0.15) is 0 Å². The molecule has 0 bridgehead atoms. The average Bonchev–Trinajstić information content (AvgIpc) is 1.96. The number of alkyl halides is 2. The summed E-state index contributed by atoms with van der Waals surface area (Å²) in [6.07, 6.45) is -2.57. The molecule has 0 radical (unpaired) electrons. The van der Waals surface area contributed by atoms with Crippen molar-refractivity contribution in [3.05, 3.63) is 21.9 Å². The van der Waals surface area contributed by atoms with Crippen LogP contribution in [0.5, 0.6) is 0 Å². The number of pyridine rings is 1. The first-order valence-corrected chi connectivity index (χ1v) is 4.02. The van der Waals surface area contributed by atoms with Crippen molar-refractivity contribution >= 4 is 21.6 Å². The molecule has 0 aromatic carbocycles. The zero-order valence-electron chi connectivity index (χ0n) is 6.31. The largest absolute Gasteiger partial charge is 0.397 e. The minimum atomic E-state index is -2.57. The van der Waals surface area contributed by atoms with E-state index in [2.05, 4.69) is 20.9 Å². The maximum Gasteiger partial charge on any atom is 0.281 e. The zero-order valence-corrected chi connectivity index (χ0v) is 7.90. The minimum absolute atomic E-state index is 0.251. The van der Waals surface area contributed by atoms with Crippen LogP contribution < -0.4 is 5.73 Å². The third-order valence-electron chi connectivity index (χ3n) is 1.44. The Morgan fingerprint density at radius 2 is 2.17 bits per heavy atom. The summed E-state index contributed by atoms with van der Waals surface area (Å²) in [7, 11) is 0. The maximum atomic E-state index is 12.2. The maximum absolute atomic E-state index is 12.2. The van der Waals surface area contributed by atoms with Crippen molar-refractivity contribution in [1.29, 1.82) is 0 Å². The second-order valence-electron chi connectivity index (χ2n) is 2.33. The second kappa shape index (κ2) is 3.35. The van der Waals surface area contributed by atoms with Crippen LogP contribution in [0.2, 0.25) is 0 Å². The Balaban J connectivity index is 3.23. The van der Waals surface area contributed by atoms with Crippen molar-refractivity contribution in [1.82, 2.24) is 4.98 Å². The molecule has 0 aliphatic carbocycles. The van der Waals surface area contributed by atoms with E-state index in [-0.39, 0.29) is 10.2 Å². The molecule has 1 heterocycles. The van der Waals surface area contributed by atoms with Crippen molar-refractivity contribution in [2.24, 2.45) is 0 Å². The van der Waals surface area contributed by atoms with Gasteiger partial charge in [-0.05, 0) is 28.9 Å². The number of aromatic nitrogens is 1. The van der Waals surface area contributed by atoms with Crippen LogP contribution in [0.3, 0.4) is 0 Å². The van der Waals surface area contributed by atoms with E-state index in [1.807, 2.05) is 0 Å². The lowest BCUT2D eigenvalue weighted by molar-refractivity contribution is 0.145. The van der Waals surface area contributed by atoms with E-state index < -0.39 is 6.43 Å². The van der Waals surface area contributed by atoms with Gasteiger partial charge in [0.2, 0.25) is 0 Å². The van der Waals surface area contributed by atoms with Gasteiger partial charge in [0, 0.05) is 4.47 Å². The summed E-state index contributed by atoms with van der Waals surface area (Å²) in [6, 6.07) is 1.43. The summed E-state index contributed by atoms with van der Waals surface area (Å²) in [6.45, 7) is 1.59. The van der Waals surface area contributed by atoms with Gasteiger partial charge in [-0.15, -0.1) is 0 Å². The summed E-state index contributed by atoms with van der Waals surface area (Å²) in [4.78, 5) is 3.65. The number of rotatable bonds is 1. The molecular formula is C7H7BrF2N2. The van der Waals surface area contributed by atoms with E-state index in [0.29, 0.717) is 11.4 Å². The van der Waals surface area contributed by atoms with Crippen LogP contribution in [0, 0.1) is 6.92 Å². The van der Waals surface area contributed by atoms with E-state index >= 15 is 0 Å². The Morgan fingerprint density at radius 1 is 1.58 bits per heavy atom. The molecule has 1 aromatic rings. The first-order valence-electron chi connectivity index (χ1n) is 3.23. The first kappa shape index (κ1) is 9.38. The standard InChI is InChI=1S/C7H7BrF2N2/c1-3-5(11)2-4(8)6(12-3)7(9)10/h2,7H,11H2,1H3. The molecule has 2 N–H and O–H groups in total. The molecule has 1 aromatic heterocycles. The number of hydrogen-bond donors (Lipinski definition) is 1. The van der Waals surface area contributed by atoms with Gasteiger partial charge in [-0.25, -0.2) is 13.8 Å². The number of nitrogen functional groups attached to an aromatic ring is 1. The highest BCUT2D eigenvalue weighted by atomic mass is 79.9. The molecule has 0 aliphatic heterocycles. The van der Waals surface area contributed by atoms with E-state index in [1.165, 1.54) is 6.07 Å². The first-order chi connectivity index (χ1) is 5.52. The van der Waals surface area contributed by atoms with E-state index in [1.54, 1.807) is 6.92 Å². The zero-order chi connectivity index (χ0) is 9.30. The molecule has 2 nitrogen and oxygen atoms in total. The lowest BCUT2D eigenvalue weighted by Gasteiger charge is -2.05. The predicted octanol–water partition coefficient (Wildman–Crippen LogP) is 2.67. The fraction of sp³-hybridized carbons (Fsp3) is 0.286. The molecule has 0 amide bonds. The monoisotopic (exact) mass is 236 g/mol. The third-order valence-corrected chi connectivity index (χ3v) is 2.07. The summed E-state index contributed by atoms with van der Waals surface area (Å²) in [5, 5.41) is 0. The van der Waals surface area contributed by atoms with E-state index in [9.17, 15) is 8.78 Å². The van der Waals surface area contributed by atoms with Crippen LogP contribution in [-0.2, 0) is 0 Å². The van der Waals surface area contributed by atoms with Crippen molar-refractivity contribution in [3.8, 4) is 0 Å². The Bertz CT molecular complexity index is 302. The number of nitrogens with zero attached hydrogens (tertiary/aromatic N) is 1. The summed E-state index contributed by atoms with van der Waals surface area (Å²) < 4.78 is 24.7. The topological polar surface area (TPSA) is 38.9 Å². The molecular weight excluding hydrogens is 230 g/mol. The Morgan fingerprint density at radius 3 is 2.67 bits per heavy atom. The highest BCUT2D eigenvalue weighted by Gasteiger charge is 2.14. The average molecular weight is 237 g/mol. The summed E-state index contributed by atoms with van der Waals surface area (Å²) >= 11 is 2.96. The van der Waals surface area contributed by atoms with Crippen LogP contribution in [0.25, 0.3) is 0 Å². The van der Waals surface area contributed by atoms with Gasteiger partial charge in [0.15, 0.2) is 0 Å². The second-order valence-corrected chi connectivity index (χ2v) is 3.19. The van der Waals surface area contributed by atoms with Crippen LogP contribution in [0.1, 0.15) is 17.8 Å². The van der Waals surface area contributed by atoms with Gasteiger partial charge in [0.25, 0.3) is 6.43 Å². The molecule has 0 aliphatic rings. The van der Waals surface area contributed by atoms with Crippen molar-refractivity contribution < 1.29 is 8.78 Å². The molecule has 0 spiro atoms. The van der Waals surface area contributed by atoms with Crippen LogP contribution in [0.4, 0.5) is 14.5 Å². The lowest BCUT2D eigenvalue weighted by atomic mass is 10.3.